The summed E-state index contributed by atoms with van der Waals surface area (Å²) in [7, 11) is 1.61. The molecule has 25 heavy (non-hydrogen) atoms. The number of aliphatic carboxylic acids is 1. The number of hydrogen-bond acceptors (Lipinski definition) is 4. The Morgan fingerprint density at radius 3 is 2.44 bits per heavy atom. The molecule has 0 heterocycles. The molecule has 0 atom stereocenters. The SMILES string of the molecule is COC1(C(=O)NCc2ccc(OCCCC(=O)O)cc2)CCCCC1. The minimum Gasteiger partial charge on any atom is -0.494 e. The summed E-state index contributed by atoms with van der Waals surface area (Å²) in [6.45, 7) is 0.821. The minimum absolute atomic E-state index is 0.0382. The van der Waals surface area contributed by atoms with Gasteiger partial charge in [-0.2, -0.15) is 0 Å². The average molecular weight is 349 g/mol. The van der Waals surface area contributed by atoms with Gasteiger partial charge in [0, 0.05) is 20.1 Å². The van der Waals surface area contributed by atoms with E-state index < -0.39 is 11.6 Å². The Morgan fingerprint density at radius 2 is 1.84 bits per heavy atom. The maximum Gasteiger partial charge on any atom is 0.303 e. The number of carbonyl (C=O) groups excluding carboxylic acids is 1. The van der Waals surface area contributed by atoms with Gasteiger partial charge in [0.25, 0.3) is 5.91 Å². The number of carboxylic acids is 1. The topological polar surface area (TPSA) is 84.9 Å². The lowest BCUT2D eigenvalue weighted by molar-refractivity contribution is -0.147. The van der Waals surface area contributed by atoms with Crippen molar-refractivity contribution in [3.8, 4) is 5.75 Å². The fraction of sp³-hybridized carbons (Fsp3) is 0.579. The van der Waals surface area contributed by atoms with E-state index >= 15 is 0 Å². The van der Waals surface area contributed by atoms with E-state index in [-0.39, 0.29) is 12.3 Å². The number of nitrogens with one attached hydrogen (secondary N) is 1. The van der Waals surface area contributed by atoms with Gasteiger partial charge in [0.2, 0.25) is 0 Å². The van der Waals surface area contributed by atoms with E-state index in [1.807, 2.05) is 24.3 Å². The van der Waals surface area contributed by atoms with Gasteiger partial charge in [-0.15, -0.1) is 0 Å². The van der Waals surface area contributed by atoms with Crippen LogP contribution in [-0.2, 0) is 20.9 Å². The van der Waals surface area contributed by atoms with Crippen LogP contribution in [0.1, 0.15) is 50.5 Å². The van der Waals surface area contributed by atoms with Crippen LogP contribution in [0.4, 0.5) is 0 Å². The Kier molecular flexibility index (Phi) is 7.25. The van der Waals surface area contributed by atoms with Crippen molar-refractivity contribution in [1.82, 2.24) is 5.32 Å². The lowest BCUT2D eigenvalue weighted by atomic mass is 9.84. The lowest BCUT2D eigenvalue weighted by Crippen LogP contribution is -2.49. The van der Waals surface area contributed by atoms with Gasteiger partial charge in [0.15, 0.2) is 0 Å². The molecule has 0 unspecified atom stereocenters. The average Bonchev–Trinajstić information content (AvgIpc) is 2.64. The van der Waals surface area contributed by atoms with E-state index in [1.165, 1.54) is 0 Å². The summed E-state index contributed by atoms with van der Waals surface area (Å²) in [6.07, 6.45) is 5.34. The third-order valence-corrected chi connectivity index (χ3v) is 4.65. The summed E-state index contributed by atoms with van der Waals surface area (Å²) in [5.74, 6) is -0.161. The Labute approximate surface area is 148 Å². The number of carboxylic acid groups (broad SMARTS) is 1. The Morgan fingerprint density at radius 1 is 1.16 bits per heavy atom. The van der Waals surface area contributed by atoms with E-state index in [0.717, 1.165) is 37.7 Å². The largest absolute Gasteiger partial charge is 0.494 e. The summed E-state index contributed by atoms with van der Waals surface area (Å²) >= 11 is 0. The second-order valence-electron chi connectivity index (χ2n) is 6.43. The Balaban J connectivity index is 1.78. The smallest absolute Gasteiger partial charge is 0.303 e. The number of methoxy groups -OCH3 is 1. The van der Waals surface area contributed by atoms with Crippen molar-refractivity contribution >= 4 is 11.9 Å². The van der Waals surface area contributed by atoms with Crippen molar-refractivity contribution in [2.24, 2.45) is 0 Å². The molecule has 0 radical (unpaired) electrons. The highest BCUT2D eigenvalue weighted by molar-refractivity contribution is 5.85. The van der Waals surface area contributed by atoms with Crippen LogP contribution in [0, 0.1) is 0 Å². The normalized spacial score (nSPS) is 16.2. The van der Waals surface area contributed by atoms with Crippen LogP contribution in [0.25, 0.3) is 0 Å². The van der Waals surface area contributed by atoms with Crippen LogP contribution in [0.15, 0.2) is 24.3 Å². The van der Waals surface area contributed by atoms with E-state index in [4.69, 9.17) is 14.6 Å². The number of ether oxygens (including phenoxy) is 2. The third-order valence-electron chi connectivity index (χ3n) is 4.65. The molecular formula is C19H27NO5. The predicted octanol–water partition coefficient (Wildman–Crippen LogP) is 2.90. The highest BCUT2D eigenvalue weighted by Gasteiger charge is 2.39. The molecule has 1 saturated carbocycles. The van der Waals surface area contributed by atoms with Gasteiger partial charge in [-0.3, -0.25) is 9.59 Å². The molecular weight excluding hydrogens is 322 g/mol. The first-order chi connectivity index (χ1) is 12.1. The second-order valence-corrected chi connectivity index (χ2v) is 6.43. The van der Waals surface area contributed by atoms with Gasteiger partial charge >= 0.3 is 5.97 Å². The van der Waals surface area contributed by atoms with Crippen LogP contribution in [-0.4, -0.2) is 36.3 Å². The van der Waals surface area contributed by atoms with Crippen molar-refractivity contribution in [2.45, 2.75) is 57.1 Å². The summed E-state index contributed by atoms with van der Waals surface area (Å²) in [4.78, 5) is 23.0. The van der Waals surface area contributed by atoms with Crippen molar-refractivity contribution in [3.05, 3.63) is 29.8 Å². The van der Waals surface area contributed by atoms with E-state index in [0.29, 0.717) is 25.3 Å². The van der Waals surface area contributed by atoms with Crippen LogP contribution >= 0.6 is 0 Å². The highest BCUT2D eigenvalue weighted by atomic mass is 16.5. The molecule has 2 rings (SSSR count). The maximum absolute atomic E-state index is 12.5. The molecule has 138 valence electrons. The van der Waals surface area contributed by atoms with E-state index in [2.05, 4.69) is 5.32 Å². The molecule has 0 spiro atoms. The fourth-order valence-corrected chi connectivity index (χ4v) is 3.11. The van der Waals surface area contributed by atoms with Gasteiger partial charge < -0.3 is 19.9 Å². The Bertz CT molecular complexity index is 564. The molecule has 1 aromatic rings. The minimum atomic E-state index is -0.818. The maximum atomic E-state index is 12.5. The first kappa shape index (κ1) is 19.2. The highest BCUT2D eigenvalue weighted by Crippen LogP contribution is 2.31. The van der Waals surface area contributed by atoms with Gasteiger partial charge in [0.05, 0.1) is 6.61 Å². The molecule has 0 saturated heterocycles. The molecule has 1 fully saturated rings. The monoisotopic (exact) mass is 349 g/mol. The number of carbonyl (C=O) groups is 2. The molecule has 0 aromatic heterocycles. The zero-order valence-electron chi connectivity index (χ0n) is 14.8. The molecule has 1 aliphatic carbocycles. The summed E-state index contributed by atoms with van der Waals surface area (Å²) in [6, 6.07) is 7.45. The van der Waals surface area contributed by atoms with Crippen molar-refractivity contribution < 1.29 is 24.2 Å². The molecule has 1 aliphatic rings. The molecule has 2 N–H and O–H groups in total. The van der Waals surface area contributed by atoms with Crippen LogP contribution < -0.4 is 10.1 Å². The van der Waals surface area contributed by atoms with E-state index in [1.54, 1.807) is 7.11 Å². The molecule has 0 aliphatic heterocycles. The van der Waals surface area contributed by atoms with Gasteiger partial charge in [-0.05, 0) is 37.0 Å². The van der Waals surface area contributed by atoms with E-state index in [9.17, 15) is 9.59 Å². The van der Waals surface area contributed by atoms with Gasteiger partial charge in [-0.25, -0.2) is 0 Å². The summed E-state index contributed by atoms with van der Waals surface area (Å²) < 4.78 is 11.0. The van der Waals surface area contributed by atoms with Gasteiger partial charge in [0.1, 0.15) is 11.4 Å². The van der Waals surface area contributed by atoms with Crippen LogP contribution in [0.3, 0.4) is 0 Å². The number of amides is 1. The fourth-order valence-electron chi connectivity index (χ4n) is 3.11. The molecule has 1 aromatic carbocycles. The quantitative estimate of drug-likeness (QED) is 0.670. The molecule has 6 heteroatoms. The lowest BCUT2D eigenvalue weighted by Gasteiger charge is -2.34. The summed E-state index contributed by atoms with van der Waals surface area (Å²) in [5.41, 5.74) is 0.305. The van der Waals surface area contributed by atoms with Crippen molar-refractivity contribution in [3.63, 3.8) is 0 Å². The van der Waals surface area contributed by atoms with Crippen molar-refractivity contribution in [2.75, 3.05) is 13.7 Å². The predicted molar refractivity (Wildman–Crippen MR) is 93.5 cm³/mol. The number of rotatable bonds is 9. The number of benzene rings is 1. The first-order valence-corrected chi connectivity index (χ1v) is 8.83. The number of hydrogen-bond donors (Lipinski definition) is 2. The van der Waals surface area contributed by atoms with Crippen LogP contribution in [0.2, 0.25) is 0 Å². The van der Waals surface area contributed by atoms with Crippen LogP contribution in [0.5, 0.6) is 5.75 Å². The third kappa shape index (κ3) is 5.74. The Hall–Kier alpha value is -2.08. The zero-order valence-corrected chi connectivity index (χ0v) is 14.8. The molecule has 1 amide bonds. The second kappa shape index (κ2) is 9.42. The zero-order chi connectivity index (χ0) is 18.1. The molecule has 0 bridgehead atoms. The molecule has 6 nitrogen and oxygen atoms in total. The van der Waals surface area contributed by atoms with Crippen molar-refractivity contribution in [1.29, 1.82) is 0 Å². The first-order valence-electron chi connectivity index (χ1n) is 8.83. The summed E-state index contributed by atoms with van der Waals surface area (Å²) in [5, 5.41) is 11.6. The standard InChI is InChI=1S/C19H27NO5/c1-24-19(11-3-2-4-12-19)18(23)20-14-15-7-9-16(10-8-15)25-13-5-6-17(21)22/h7-10H,2-6,11-14H2,1H3,(H,20,23)(H,21,22). The van der Waals surface area contributed by atoms with Gasteiger partial charge in [-0.1, -0.05) is 31.4 Å².